The predicted molar refractivity (Wildman–Crippen MR) is 142 cm³/mol. The van der Waals surface area contributed by atoms with Crippen LogP contribution in [0.3, 0.4) is 0 Å². The van der Waals surface area contributed by atoms with Gasteiger partial charge in [-0.25, -0.2) is 9.79 Å². The molecule has 2 aliphatic rings. The number of ether oxygens (including phenoxy) is 1. The fourth-order valence-corrected chi connectivity index (χ4v) is 5.23. The third-order valence-corrected chi connectivity index (χ3v) is 7.15. The highest BCUT2D eigenvalue weighted by molar-refractivity contribution is 8.16. The van der Waals surface area contributed by atoms with E-state index in [2.05, 4.69) is 5.32 Å². The van der Waals surface area contributed by atoms with Gasteiger partial charge in [0.15, 0.2) is 5.17 Å². The van der Waals surface area contributed by atoms with Gasteiger partial charge in [-0.3, -0.25) is 4.79 Å². The zero-order chi connectivity index (χ0) is 24.9. The molecule has 0 spiro atoms. The Morgan fingerprint density at radius 1 is 1.14 bits per heavy atom. The summed E-state index contributed by atoms with van der Waals surface area (Å²) in [5, 5.41) is 6.16. The van der Waals surface area contributed by atoms with Gasteiger partial charge in [-0.1, -0.05) is 78.8 Å². The van der Waals surface area contributed by atoms with E-state index in [0.717, 1.165) is 23.2 Å². The molecule has 2 heterocycles. The SMILES string of the molecule is CCOC(=O)C1=C(c2ccccc2)N=C2SC=C(CC(=O)N[C@@H](C)CC)N2[C@H]1c1ccccc1Cl. The fourth-order valence-electron chi connectivity index (χ4n) is 4.07. The van der Waals surface area contributed by atoms with Crippen molar-refractivity contribution in [3.63, 3.8) is 0 Å². The van der Waals surface area contributed by atoms with Crippen molar-refractivity contribution in [3.05, 3.63) is 87.4 Å². The molecule has 0 radical (unpaired) electrons. The van der Waals surface area contributed by atoms with Gasteiger partial charge in [0.1, 0.15) is 0 Å². The number of rotatable bonds is 8. The van der Waals surface area contributed by atoms with Crippen molar-refractivity contribution in [2.75, 3.05) is 6.61 Å². The maximum Gasteiger partial charge on any atom is 0.338 e. The number of amides is 1. The number of benzene rings is 2. The number of amidine groups is 1. The minimum absolute atomic E-state index is 0.0747. The zero-order valence-corrected chi connectivity index (χ0v) is 21.5. The number of esters is 1. The van der Waals surface area contributed by atoms with Gasteiger partial charge in [0, 0.05) is 22.3 Å². The minimum atomic E-state index is -0.594. The minimum Gasteiger partial charge on any atom is -0.463 e. The molecule has 0 saturated carbocycles. The Balaban J connectivity index is 1.85. The summed E-state index contributed by atoms with van der Waals surface area (Å²) < 4.78 is 5.52. The van der Waals surface area contributed by atoms with E-state index in [1.54, 1.807) is 13.0 Å². The molecule has 2 aromatic rings. The second-order valence-corrected chi connectivity index (χ2v) is 9.56. The Hall–Kier alpha value is -3.03. The second kappa shape index (κ2) is 11.1. The largest absolute Gasteiger partial charge is 0.463 e. The first-order valence-corrected chi connectivity index (χ1v) is 12.9. The molecule has 182 valence electrons. The Bertz CT molecular complexity index is 1210. The first-order valence-electron chi connectivity index (χ1n) is 11.7. The van der Waals surface area contributed by atoms with Gasteiger partial charge in [0.25, 0.3) is 0 Å². The van der Waals surface area contributed by atoms with Crippen LogP contribution in [0.2, 0.25) is 5.02 Å². The van der Waals surface area contributed by atoms with E-state index < -0.39 is 12.0 Å². The summed E-state index contributed by atoms with van der Waals surface area (Å²) >= 11 is 8.12. The molecular formula is C27H28ClN3O3S. The van der Waals surface area contributed by atoms with Gasteiger partial charge < -0.3 is 15.0 Å². The molecule has 0 aromatic heterocycles. The summed E-state index contributed by atoms with van der Waals surface area (Å²) in [5.41, 5.74) is 3.25. The number of nitrogens with zero attached hydrogens (tertiary/aromatic N) is 2. The van der Waals surface area contributed by atoms with E-state index in [9.17, 15) is 9.59 Å². The van der Waals surface area contributed by atoms with E-state index in [0.29, 0.717) is 21.5 Å². The summed E-state index contributed by atoms with van der Waals surface area (Å²) in [7, 11) is 0. The quantitative estimate of drug-likeness (QED) is 0.447. The number of halogens is 1. The topological polar surface area (TPSA) is 71.0 Å². The highest BCUT2D eigenvalue weighted by Crippen LogP contribution is 2.48. The first kappa shape index (κ1) is 25.1. The molecule has 1 N–H and O–H groups in total. The highest BCUT2D eigenvalue weighted by Gasteiger charge is 2.43. The summed E-state index contributed by atoms with van der Waals surface area (Å²) in [6.45, 7) is 6.01. The number of carbonyl (C=O) groups excluding carboxylic acids is 2. The normalized spacial score (nSPS) is 17.9. The van der Waals surface area contributed by atoms with Crippen molar-refractivity contribution in [1.82, 2.24) is 10.2 Å². The number of aliphatic imine (C=N–C) groups is 1. The van der Waals surface area contributed by atoms with Crippen molar-refractivity contribution < 1.29 is 14.3 Å². The van der Waals surface area contributed by atoms with Crippen molar-refractivity contribution in [2.24, 2.45) is 4.99 Å². The Labute approximate surface area is 215 Å². The van der Waals surface area contributed by atoms with Crippen molar-refractivity contribution in [2.45, 2.75) is 45.7 Å². The van der Waals surface area contributed by atoms with Crippen LogP contribution in [0.1, 0.15) is 50.8 Å². The lowest BCUT2D eigenvalue weighted by molar-refractivity contribution is -0.139. The summed E-state index contributed by atoms with van der Waals surface area (Å²) in [6.07, 6.45) is 1.00. The average molecular weight is 510 g/mol. The molecule has 2 atom stereocenters. The Kier molecular flexibility index (Phi) is 7.98. The van der Waals surface area contributed by atoms with Crippen LogP contribution in [0.5, 0.6) is 0 Å². The number of thioether (sulfide) groups is 1. The third-order valence-electron chi connectivity index (χ3n) is 5.91. The molecular weight excluding hydrogens is 482 g/mol. The van der Waals surface area contributed by atoms with Crippen LogP contribution in [0.15, 0.2) is 76.3 Å². The van der Waals surface area contributed by atoms with E-state index in [-0.39, 0.29) is 25.0 Å². The molecule has 0 bridgehead atoms. The molecule has 0 fully saturated rings. The molecule has 8 heteroatoms. The van der Waals surface area contributed by atoms with Crippen molar-refractivity contribution in [1.29, 1.82) is 0 Å². The lowest BCUT2D eigenvalue weighted by atomic mass is 9.91. The average Bonchev–Trinajstić information content (AvgIpc) is 3.26. The molecule has 35 heavy (non-hydrogen) atoms. The van der Waals surface area contributed by atoms with Crippen LogP contribution in [0, 0.1) is 0 Å². The number of nitrogens with one attached hydrogen (secondary N) is 1. The van der Waals surface area contributed by atoms with E-state index in [1.807, 2.05) is 72.7 Å². The number of fused-ring (bicyclic) bond motifs is 1. The van der Waals surface area contributed by atoms with Crippen LogP contribution < -0.4 is 5.32 Å². The van der Waals surface area contributed by atoms with E-state index in [1.165, 1.54) is 11.8 Å². The van der Waals surface area contributed by atoms with Crippen LogP contribution in [0.4, 0.5) is 0 Å². The lowest BCUT2D eigenvalue weighted by Gasteiger charge is -2.37. The van der Waals surface area contributed by atoms with Gasteiger partial charge in [0.05, 0.1) is 30.3 Å². The van der Waals surface area contributed by atoms with E-state index in [4.69, 9.17) is 21.3 Å². The van der Waals surface area contributed by atoms with Gasteiger partial charge in [-0.05, 0) is 37.3 Å². The van der Waals surface area contributed by atoms with Crippen LogP contribution in [-0.2, 0) is 14.3 Å². The Morgan fingerprint density at radius 3 is 2.54 bits per heavy atom. The molecule has 0 unspecified atom stereocenters. The summed E-state index contributed by atoms with van der Waals surface area (Å²) in [4.78, 5) is 33.1. The van der Waals surface area contributed by atoms with Gasteiger partial charge >= 0.3 is 5.97 Å². The van der Waals surface area contributed by atoms with Gasteiger partial charge in [0.2, 0.25) is 5.91 Å². The molecule has 0 saturated heterocycles. The molecule has 4 rings (SSSR count). The van der Waals surface area contributed by atoms with Crippen molar-refractivity contribution >= 4 is 46.1 Å². The number of carbonyl (C=O) groups is 2. The third kappa shape index (κ3) is 5.31. The van der Waals surface area contributed by atoms with Crippen LogP contribution in [0.25, 0.3) is 5.70 Å². The molecule has 6 nitrogen and oxygen atoms in total. The number of hydrogen-bond acceptors (Lipinski definition) is 6. The van der Waals surface area contributed by atoms with Crippen molar-refractivity contribution in [3.8, 4) is 0 Å². The smallest absolute Gasteiger partial charge is 0.338 e. The second-order valence-electron chi connectivity index (χ2n) is 8.32. The standard InChI is InChI=1S/C27H28ClN3O3S/c1-4-17(3)29-22(32)15-19-16-35-27-30-24(18-11-7-6-8-12-18)23(26(33)34-5-2)25(31(19)27)20-13-9-10-14-21(20)28/h6-14,16-17,25H,4-5,15H2,1-3H3,(H,29,32)/t17-,25-/m0/s1. The number of hydrogen-bond donors (Lipinski definition) is 1. The summed E-state index contributed by atoms with van der Waals surface area (Å²) in [5.74, 6) is -0.541. The first-order chi connectivity index (χ1) is 16.9. The molecule has 2 aliphatic heterocycles. The highest BCUT2D eigenvalue weighted by atomic mass is 35.5. The fraction of sp³-hybridized carbons (Fsp3) is 0.296. The molecule has 0 aliphatic carbocycles. The van der Waals surface area contributed by atoms with Crippen LogP contribution in [-0.4, -0.2) is 34.6 Å². The monoisotopic (exact) mass is 509 g/mol. The molecule has 2 aromatic carbocycles. The van der Waals surface area contributed by atoms with Gasteiger partial charge in [-0.2, -0.15) is 0 Å². The van der Waals surface area contributed by atoms with E-state index >= 15 is 0 Å². The van der Waals surface area contributed by atoms with Gasteiger partial charge in [-0.15, -0.1) is 0 Å². The maximum absolute atomic E-state index is 13.5. The zero-order valence-electron chi connectivity index (χ0n) is 20.0. The summed E-state index contributed by atoms with van der Waals surface area (Å²) in [6, 6.07) is 16.5. The predicted octanol–water partition coefficient (Wildman–Crippen LogP) is 5.92. The molecule has 1 amide bonds. The maximum atomic E-state index is 13.5. The van der Waals surface area contributed by atoms with Crippen LogP contribution >= 0.6 is 23.4 Å². The lowest BCUT2D eigenvalue weighted by Crippen LogP contribution is -2.39. The Morgan fingerprint density at radius 2 is 1.86 bits per heavy atom.